The highest BCUT2D eigenvalue weighted by atomic mass is 16.5. The van der Waals surface area contributed by atoms with E-state index in [0.717, 1.165) is 38.0 Å². The number of carbonyl (C=O) groups excluding carboxylic acids is 2. The van der Waals surface area contributed by atoms with Gasteiger partial charge in [-0.3, -0.25) is 14.5 Å². The number of anilines is 1. The minimum absolute atomic E-state index is 0.0113. The molecule has 1 aliphatic rings. The lowest BCUT2D eigenvalue weighted by Crippen LogP contribution is -2.41. The van der Waals surface area contributed by atoms with E-state index in [1.54, 1.807) is 0 Å². The average Bonchev–Trinajstić information content (AvgIpc) is 2.61. The molecule has 1 heterocycles. The maximum absolute atomic E-state index is 12.2. The van der Waals surface area contributed by atoms with E-state index in [1.807, 2.05) is 12.1 Å². The summed E-state index contributed by atoms with van der Waals surface area (Å²) >= 11 is 0. The number of ether oxygens (including phenoxy) is 1. The number of hydrogen-bond acceptors (Lipinski definition) is 4. The first-order valence-electron chi connectivity index (χ1n) is 8.73. The first-order chi connectivity index (χ1) is 11.5. The summed E-state index contributed by atoms with van der Waals surface area (Å²) in [5, 5.41) is 2.95. The Balaban J connectivity index is 1.78. The van der Waals surface area contributed by atoms with Crippen molar-refractivity contribution >= 4 is 17.6 Å². The molecule has 5 heteroatoms. The zero-order chi connectivity index (χ0) is 17.5. The summed E-state index contributed by atoms with van der Waals surface area (Å²) in [4.78, 5) is 25.8. The van der Waals surface area contributed by atoms with E-state index >= 15 is 0 Å². The first kappa shape index (κ1) is 18.5. The Morgan fingerprint density at radius 1 is 1.25 bits per heavy atom. The molecule has 1 amide bonds. The van der Waals surface area contributed by atoms with Gasteiger partial charge in [0.2, 0.25) is 5.91 Å². The monoisotopic (exact) mass is 332 g/mol. The standard InChI is InChI=1S/C19H28N2O3/c1-4-14(2)15-5-7-17(8-6-15)20-18(22)13-21-11-9-16(10-12-21)19(23)24-3/h5-8,14,16H,4,9-13H2,1-3H3,(H,20,22)/t14-/m0/s1. The lowest BCUT2D eigenvalue weighted by molar-refractivity contribution is -0.147. The number of amides is 1. The van der Waals surface area contributed by atoms with Crippen molar-refractivity contribution in [2.75, 3.05) is 32.1 Å². The third-order valence-electron chi connectivity index (χ3n) is 4.87. The second kappa shape index (κ2) is 8.83. The summed E-state index contributed by atoms with van der Waals surface area (Å²) < 4.78 is 4.78. The van der Waals surface area contributed by atoms with Crippen molar-refractivity contribution in [3.63, 3.8) is 0 Å². The fourth-order valence-electron chi connectivity index (χ4n) is 3.03. The number of rotatable bonds is 6. The molecule has 5 nitrogen and oxygen atoms in total. The molecule has 2 rings (SSSR count). The molecule has 1 aromatic rings. The van der Waals surface area contributed by atoms with E-state index in [0.29, 0.717) is 12.5 Å². The maximum atomic E-state index is 12.2. The molecule has 0 bridgehead atoms. The van der Waals surface area contributed by atoms with E-state index in [-0.39, 0.29) is 17.8 Å². The van der Waals surface area contributed by atoms with Crippen LogP contribution in [0.2, 0.25) is 0 Å². The van der Waals surface area contributed by atoms with Crippen molar-refractivity contribution in [1.29, 1.82) is 0 Å². The fourth-order valence-corrected chi connectivity index (χ4v) is 3.03. The van der Waals surface area contributed by atoms with Gasteiger partial charge in [-0.25, -0.2) is 0 Å². The van der Waals surface area contributed by atoms with E-state index in [9.17, 15) is 9.59 Å². The third kappa shape index (κ3) is 5.06. The summed E-state index contributed by atoms with van der Waals surface area (Å²) in [7, 11) is 1.43. The lowest BCUT2D eigenvalue weighted by atomic mass is 9.97. The summed E-state index contributed by atoms with van der Waals surface area (Å²) in [6.45, 7) is 6.23. The molecule has 132 valence electrons. The van der Waals surface area contributed by atoms with Crippen LogP contribution in [0.15, 0.2) is 24.3 Å². The number of methoxy groups -OCH3 is 1. The molecule has 24 heavy (non-hydrogen) atoms. The number of hydrogen-bond donors (Lipinski definition) is 1. The van der Waals surface area contributed by atoms with Gasteiger partial charge in [-0.1, -0.05) is 26.0 Å². The van der Waals surface area contributed by atoms with Crippen LogP contribution in [0.4, 0.5) is 5.69 Å². The molecule has 1 aliphatic heterocycles. The molecule has 0 aliphatic carbocycles. The minimum atomic E-state index is -0.138. The number of carbonyl (C=O) groups is 2. The molecule has 0 aromatic heterocycles. The maximum Gasteiger partial charge on any atom is 0.308 e. The smallest absolute Gasteiger partial charge is 0.308 e. The van der Waals surface area contributed by atoms with Gasteiger partial charge in [0.05, 0.1) is 19.6 Å². The zero-order valence-electron chi connectivity index (χ0n) is 14.9. The Hall–Kier alpha value is -1.88. The second-order valence-corrected chi connectivity index (χ2v) is 6.55. The van der Waals surface area contributed by atoms with Gasteiger partial charge in [0.15, 0.2) is 0 Å². The van der Waals surface area contributed by atoms with E-state index in [1.165, 1.54) is 12.7 Å². The van der Waals surface area contributed by atoms with Crippen LogP contribution in [-0.4, -0.2) is 43.5 Å². The van der Waals surface area contributed by atoms with E-state index in [2.05, 4.69) is 36.2 Å². The number of piperidine rings is 1. The number of likely N-dealkylation sites (tertiary alicyclic amines) is 1. The van der Waals surface area contributed by atoms with Crippen LogP contribution in [-0.2, 0) is 14.3 Å². The fraction of sp³-hybridized carbons (Fsp3) is 0.579. The highest BCUT2D eigenvalue weighted by Gasteiger charge is 2.26. The van der Waals surface area contributed by atoms with Gasteiger partial charge in [0.1, 0.15) is 0 Å². The SMILES string of the molecule is CC[C@H](C)c1ccc(NC(=O)CN2CCC(C(=O)OC)CC2)cc1. The van der Waals surface area contributed by atoms with Gasteiger partial charge < -0.3 is 10.1 Å². The Labute approximate surface area is 144 Å². The number of benzene rings is 1. The number of esters is 1. The molecular formula is C19H28N2O3. The Morgan fingerprint density at radius 2 is 1.88 bits per heavy atom. The average molecular weight is 332 g/mol. The molecule has 1 N–H and O–H groups in total. The second-order valence-electron chi connectivity index (χ2n) is 6.55. The van der Waals surface area contributed by atoms with E-state index < -0.39 is 0 Å². The summed E-state index contributed by atoms with van der Waals surface area (Å²) in [5.41, 5.74) is 2.12. The lowest BCUT2D eigenvalue weighted by Gasteiger charge is -2.29. The largest absolute Gasteiger partial charge is 0.469 e. The molecule has 0 unspecified atom stereocenters. The molecular weight excluding hydrogens is 304 g/mol. The van der Waals surface area contributed by atoms with Crippen molar-refractivity contribution in [2.45, 2.75) is 39.0 Å². The summed E-state index contributed by atoms with van der Waals surface area (Å²) in [5.74, 6) is 0.358. The van der Waals surface area contributed by atoms with Crippen molar-refractivity contribution < 1.29 is 14.3 Å². The predicted octanol–water partition coefficient (Wildman–Crippen LogP) is 3.02. The molecule has 1 saturated heterocycles. The molecule has 1 aromatic carbocycles. The first-order valence-corrected chi connectivity index (χ1v) is 8.73. The van der Waals surface area contributed by atoms with Crippen molar-refractivity contribution in [3.8, 4) is 0 Å². The van der Waals surface area contributed by atoms with Crippen molar-refractivity contribution in [3.05, 3.63) is 29.8 Å². The van der Waals surface area contributed by atoms with Crippen LogP contribution < -0.4 is 5.32 Å². The quantitative estimate of drug-likeness (QED) is 0.814. The van der Waals surface area contributed by atoms with Crippen LogP contribution in [0.3, 0.4) is 0 Å². The Bertz CT molecular complexity index is 548. The van der Waals surface area contributed by atoms with Gasteiger partial charge >= 0.3 is 5.97 Å². The highest BCUT2D eigenvalue weighted by molar-refractivity contribution is 5.92. The summed E-state index contributed by atoms with van der Waals surface area (Å²) in [6, 6.07) is 8.07. The number of nitrogens with one attached hydrogen (secondary N) is 1. The van der Waals surface area contributed by atoms with Crippen molar-refractivity contribution in [2.24, 2.45) is 5.92 Å². The van der Waals surface area contributed by atoms with Crippen LogP contribution in [0.5, 0.6) is 0 Å². The van der Waals surface area contributed by atoms with Crippen molar-refractivity contribution in [1.82, 2.24) is 4.90 Å². The predicted molar refractivity (Wildman–Crippen MR) is 95.0 cm³/mol. The summed E-state index contributed by atoms with van der Waals surface area (Å²) in [6.07, 6.45) is 2.61. The van der Waals surface area contributed by atoms with Gasteiger partial charge in [-0.15, -0.1) is 0 Å². The normalized spacial score (nSPS) is 17.3. The highest BCUT2D eigenvalue weighted by Crippen LogP contribution is 2.21. The van der Waals surface area contributed by atoms with E-state index in [4.69, 9.17) is 4.74 Å². The Kier molecular flexibility index (Phi) is 6.79. The zero-order valence-corrected chi connectivity index (χ0v) is 14.9. The molecule has 1 atom stereocenters. The van der Waals surface area contributed by atoms with Gasteiger partial charge in [-0.05, 0) is 56.0 Å². The van der Waals surface area contributed by atoms with Gasteiger partial charge in [0.25, 0.3) is 0 Å². The topological polar surface area (TPSA) is 58.6 Å². The Morgan fingerprint density at radius 3 is 2.42 bits per heavy atom. The molecule has 0 radical (unpaired) electrons. The van der Waals surface area contributed by atoms with Crippen LogP contribution in [0.25, 0.3) is 0 Å². The molecule has 1 fully saturated rings. The molecule has 0 spiro atoms. The van der Waals surface area contributed by atoms with Crippen LogP contribution in [0.1, 0.15) is 44.6 Å². The third-order valence-corrected chi connectivity index (χ3v) is 4.87. The van der Waals surface area contributed by atoms with Gasteiger partial charge in [-0.2, -0.15) is 0 Å². The van der Waals surface area contributed by atoms with Gasteiger partial charge in [0, 0.05) is 5.69 Å². The van der Waals surface area contributed by atoms with Crippen LogP contribution in [0, 0.1) is 5.92 Å². The van der Waals surface area contributed by atoms with Crippen LogP contribution >= 0.6 is 0 Å². The minimum Gasteiger partial charge on any atom is -0.469 e. The number of nitrogens with zero attached hydrogens (tertiary/aromatic N) is 1. The molecule has 0 saturated carbocycles.